The molecule has 3 aromatic carbocycles. The van der Waals surface area contributed by atoms with Crippen molar-refractivity contribution >= 4 is 18.0 Å². The first-order valence-electron chi connectivity index (χ1n) is 13.7. The van der Waals surface area contributed by atoms with E-state index in [2.05, 4.69) is 29.6 Å². The molecule has 0 aliphatic heterocycles. The van der Waals surface area contributed by atoms with Crippen molar-refractivity contribution in [3.05, 3.63) is 89.0 Å². The topological polar surface area (TPSA) is 94.2 Å². The molecule has 0 saturated carbocycles. The zero-order chi connectivity index (χ0) is 29.7. The number of amides is 2. The predicted molar refractivity (Wildman–Crippen MR) is 157 cm³/mol. The number of fused-ring (bicyclic) bond motifs is 3. The highest BCUT2D eigenvalue weighted by Crippen LogP contribution is 2.44. The molecule has 1 aliphatic carbocycles. The van der Waals surface area contributed by atoms with E-state index in [1.807, 2.05) is 30.3 Å². The Hall–Kier alpha value is -4.33. The van der Waals surface area contributed by atoms with Crippen molar-refractivity contribution in [2.45, 2.75) is 51.2 Å². The minimum Gasteiger partial charge on any atom is -0.496 e. The fourth-order valence-electron chi connectivity index (χ4n) is 5.19. The minimum atomic E-state index is -0.893. The van der Waals surface area contributed by atoms with Crippen LogP contribution in [-0.2, 0) is 20.7 Å². The SMILES string of the molecule is CNC(=O)c1cc(CCC(C(=O)OC(C)(C)C)N(C)C(=O)OCC2c3ccccc3-c3ccccc32)ccc1OC. The molecule has 1 N–H and O–H groups in total. The molecular formula is C33H38N2O6. The second kappa shape index (κ2) is 12.5. The van der Waals surface area contributed by atoms with Crippen LogP contribution >= 0.6 is 0 Å². The highest BCUT2D eigenvalue weighted by molar-refractivity contribution is 5.97. The average molecular weight is 559 g/mol. The number of hydrogen-bond acceptors (Lipinski definition) is 6. The Morgan fingerprint density at radius 3 is 2.12 bits per heavy atom. The van der Waals surface area contributed by atoms with Gasteiger partial charge in [-0.15, -0.1) is 0 Å². The summed E-state index contributed by atoms with van der Waals surface area (Å²) < 4.78 is 16.8. The third-order valence-electron chi connectivity index (χ3n) is 7.21. The summed E-state index contributed by atoms with van der Waals surface area (Å²) in [5.41, 5.74) is 4.98. The molecule has 0 spiro atoms. The van der Waals surface area contributed by atoms with E-state index in [4.69, 9.17) is 14.2 Å². The van der Waals surface area contributed by atoms with E-state index in [9.17, 15) is 14.4 Å². The molecule has 0 aromatic heterocycles. The number of nitrogens with zero attached hydrogens (tertiary/aromatic N) is 1. The van der Waals surface area contributed by atoms with Crippen molar-refractivity contribution in [1.29, 1.82) is 0 Å². The van der Waals surface area contributed by atoms with Gasteiger partial charge in [0.2, 0.25) is 0 Å². The highest BCUT2D eigenvalue weighted by atomic mass is 16.6. The maximum Gasteiger partial charge on any atom is 0.410 e. The number of methoxy groups -OCH3 is 1. The number of carbonyl (C=O) groups is 3. The Balaban J connectivity index is 1.50. The Morgan fingerprint density at radius 1 is 0.951 bits per heavy atom. The van der Waals surface area contributed by atoms with E-state index in [0.717, 1.165) is 27.8 Å². The van der Waals surface area contributed by atoms with Gasteiger partial charge >= 0.3 is 12.1 Å². The van der Waals surface area contributed by atoms with Crippen molar-refractivity contribution in [3.63, 3.8) is 0 Å². The predicted octanol–water partition coefficient (Wildman–Crippen LogP) is 5.58. The minimum absolute atomic E-state index is 0.0952. The van der Waals surface area contributed by atoms with E-state index < -0.39 is 23.7 Å². The molecule has 1 aliphatic rings. The molecule has 216 valence electrons. The normalized spacial score (nSPS) is 13.0. The summed E-state index contributed by atoms with van der Waals surface area (Å²) >= 11 is 0. The Kier molecular flexibility index (Phi) is 9.01. The van der Waals surface area contributed by atoms with Gasteiger partial charge in [0.15, 0.2) is 0 Å². The lowest BCUT2D eigenvalue weighted by atomic mass is 9.98. The van der Waals surface area contributed by atoms with Crippen LogP contribution in [0, 0.1) is 0 Å². The first-order valence-corrected chi connectivity index (χ1v) is 13.7. The fraction of sp³-hybridized carbons (Fsp3) is 0.364. The van der Waals surface area contributed by atoms with E-state index in [-0.39, 0.29) is 24.9 Å². The van der Waals surface area contributed by atoms with Crippen LogP contribution in [0.3, 0.4) is 0 Å². The van der Waals surface area contributed by atoms with Gasteiger partial charge in [-0.25, -0.2) is 9.59 Å². The third kappa shape index (κ3) is 6.70. The van der Waals surface area contributed by atoms with Gasteiger partial charge < -0.3 is 19.5 Å². The van der Waals surface area contributed by atoms with E-state index in [1.54, 1.807) is 47.0 Å². The summed E-state index contributed by atoms with van der Waals surface area (Å²) in [7, 11) is 4.61. The first-order chi connectivity index (χ1) is 19.5. The molecule has 0 bridgehead atoms. The van der Waals surface area contributed by atoms with Crippen LogP contribution in [0.2, 0.25) is 0 Å². The second-order valence-corrected chi connectivity index (χ2v) is 11.1. The van der Waals surface area contributed by atoms with E-state index in [0.29, 0.717) is 17.7 Å². The largest absolute Gasteiger partial charge is 0.496 e. The monoisotopic (exact) mass is 558 g/mol. The summed E-state index contributed by atoms with van der Waals surface area (Å²) in [6.07, 6.45) is 0.0806. The van der Waals surface area contributed by atoms with Crippen LogP contribution in [0.25, 0.3) is 11.1 Å². The number of rotatable bonds is 9. The van der Waals surface area contributed by atoms with Crippen LogP contribution in [0.1, 0.15) is 60.2 Å². The zero-order valence-corrected chi connectivity index (χ0v) is 24.5. The lowest BCUT2D eigenvalue weighted by Crippen LogP contribution is -2.46. The summed E-state index contributed by atoms with van der Waals surface area (Å²) in [5, 5.41) is 2.61. The molecule has 8 heteroatoms. The smallest absolute Gasteiger partial charge is 0.410 e. The number of ether oxygens (including phenoxy) is 3. The molecule has 1 unspecified atom stereocenters. The zero-order valence-electron chi connectivity index (χ0n) is 24.5. The van der Waals surface area contributed by atoms with Gasteiger partial charge in [-0.1, -0.05) is 54.6 Å². The van der Waals surface area contributed by atoms with Crippen molar-refractivity contribution < 1.29 is 28.6 Å². The molecule has 0 radical (unpaired) electrons. The summed E-state index contributed by atoms with van der Waals surface area (Å²) in [5.74, 6) is -0.439. The molecule has 3 aromatic rings. The van der Waals surface area contributed by atoms with Crippen molar-refractivity contribution in [3.8, 4) is 16.9 Å². The maximum absolute atomic E-state index is 13.3. The Labute approximate surface area is 241 Å². The van der Waals surface area contributed by atoms with Crippen molar-refractivity contribution in [2.75, 3.05) is 27.8 Å². The highest BCUT2D eigenvalue weighted by Gasteiger charge is 2.34. The Morgan fingerprint density at radius 2 is 1.56 bits per heavy atom. The molecule has 41 heavy (non-hydrogen) atoms. The van der Waals surface area contributed by atoms with Gasteiger partial charge in [-0.05, 0) is 73.6 Å². The average Bonchev–Trinajstić information content (AvgIpc) is 3.28. The summed E-state index contributed by atoms with van der Waals surface area (Å²) in [6.45, 7) is 5.50. The molecule has 0 fully saturated rings. The van der Waals surface area contributed by atoms with E-state index >= 15 is 0 Å². The number of aryl methyl sites for hydroxylation is 1. The van der Waals surface area contributed by atoms with Crippen LogP contribution in [-0.4, -0.2) is 62.3 Å². The van der Waals surface area contributed by atoms with Gasteiger partial charge in [0, 0.05) is 20.0 Å². The quantitative estimate of drug-likeness (QED) is 0.345. The fourth-order valence-corrected chi connectivity index (χ4v) is 5.19. The number of esters is 1. The molecule has 0 saturated heterocycles. The van der Waals surface area contributed by atoms with Gasteiger partial charge in [-0.2, -0.15) is 0 Å². The van der Waals surface area contributed by atoms with Gasteiger partial charge in [0.05, 0.1) is 12.7 Å². The van der Waals surface area contributed by atoms with Gasteiger partial charge in [0.1, 0.15) is 24.0 Å². The van der Waals surface area contributed by atoms with Crippen LogP contribution in [0.4, 0.5) is 4.79 Å². The molecule has 0 heterocycles. The number of nitrogens with one attached hydrogen (secondary N) is 1. The number of carbonyl (C=O) groups excluding carboxylic acids is 3. The molecule has 2 amide bonds. The molecular weight excluding hydrogens is 520 g/mol. The number of likely N-dealkylation sites (N-methyl/N-ethyl adjacent to an activating group) is 1. The lowest BCUT2D eigenvalue weighted by molar-refractivity contribution is -0.160. The van der Waals surface area contributed by atoms with Gasteiger partial charge in [0.25, 0.3) is 5.91 Å². The molecule has 4 rings (SSSR count). The van der Waals surface area contributed by atoms with Crippen molar-refractivity contribution in [2.24, 2.45) is 0 Å². The molecule has 1 atom stereocenters. The van der Waals surface area contributed by atoms with Gasteiger partial charge in [-0.3, -0.25) is 9.69 Å². The second-order valence-electron chi connectivity index (χ2n) is 11.1. The Bertz CT molecular complexity index is 1380. The standard InChI is InChI=1S/C33H38N2O6/c1-33(2,3)41-31(37)28(17-15-21-16-18-29(39-6)26(19-21)30(36)34-4)35(5)32(38)40-20-27-24-13-9-7-11-22(24)23-12-8-10-14-25(23)27/h7-14,16,18-19,27-28H,15,17,20H2,1-6H3,(H,34,36). The maximum atomic E-state index is 13.3. The van der Waals surface area contributed by atoms with Crippen LogP contribution in [0.15, 0.2) is 66.7 Å². The van der Waals surface area contributed by atoms with Crippen LogP contribution in [0.5, 0.6) is 5.75 Å². The van der Waals surface area contributed by atoms with Crippen molar-refractivity contribution in [1.82, 2.24) is 10.2 Å². The summed E-state index contributed by atoms with van der Waals surface area (Å²) in [6, 6.07) is 20.6. The lowest BCUT2D eigenvalue weighted by Gasteiger charge is -2.30. The first kappa shape index (κ1) is 29.6. The van der Waals surface area contributed by atoms with E-state index in [1.165, 1.54) is 12.0 Å². The molecule has 8 nitrogen and oxygen atoms in total. The summed E-state index contributed by atoms with van der Waals surface area (Å²) in [4.78, 5) is 40.3. The van der Waals surface area contributed by atoms with Crippen LogP contribution < -0.4 is 10.1 Å². The number of hydrogen-bond donors (Lipinski definition) is 1. The number of benzene rings is 3. The third-order valence-corrected chi connectivity index (χ3v) is 7.21.